The molecule has 1 aromatic carbocycles. The van der Waals surface area contributed by atoms with Gasteiger partial charge in [-0.25, -0.2) is 0 Å². The van der Waals surface area contributed by atoms with Crippen LogP contribution in [0.3, 0.4) is 0 Å². The van der Waals surface area contributed by atoms with Gasteiger partial charge in [-0.2, -0.15) is 0 Å². The highest BCUT2D eigenvalue weighted by atomic mass is 32.2. The number of hydrogen-bond donors (Lipinski definition) is 1. The zero-order chi connectivity index (χ0) is 21.5. The quantitative estimate of drug-likeness (QED) is 0.378. The van der Waals surface area contributed by atoms with E-state index in [9.17, 15) is 4.79 Å². The predicted molar refractivity (Wildman–Crippen MR) is 123 cm³/mol. The van der Waals surface area contributed by atoms with Crippen LogP contribution in [0.15, 0.2) is 63.9 Å². The zero-order valence-corrected chi connectivity index (χ0v) is 18.7. The molecule has 6 nitrogen and oxygen atoms in total. The summed E-state index contributed by atoms with van der Waals surface area (Å²) in [5.74, 6) is 1.89. The van der Waals surface area contributed by atoms with Crippen LogP contribution in [-0.4, -0.2) is 33.0 Å². The molecule has 0 aliphatic heterocycles. The Balaban J connectivity index is 1.41. The van der Waals surface area contributed by atoms with Crippen molar-refractivity contribution in [2.45, 2.75) is 50.7 Å². The maximum absolute atomic E-state index is 12.4. The van der Waals surface area contributed by atoms with Crippen molar-refractivity contribution < 1.29 is 9.21 Å². The molecule has 0 radical (unpaired) electrons. The molecule has 0 atom stereocenters. The number of benzene rings is 1. The van der Waals surface area contributed by atoms with E-state index in [0.717, 1.165) is 34.3 Å². The Bertz CT molecular complexity index is 1040. The first-order valence-electron chi connectivity index (χ1n) is 10.8. The number of aromatic nitrogens is 3. The van der Waals surface area contributed by atoms with Crippen molar-refractivity contribution in [3.63, 3.8) is 0 Å². The highest BCUT2D eigenvalue weighted by Crippen LogP contribution is 2.28. The van der Waals surface area contributed by atoms with E-state index in [0.29, 0.717) is 18.8 Å². The zero-order valence-electron chi connectivity index (χ0n) is 17.8. The van der Waals surface area contributed by atoms with E-state index in [4.69, 9.17) is 4.42 Å². The number of carbonyl (C=O) groups excluding carboxylic acids is 1. The van der Waals surface area contributed by atoms with Crippen LogP contribution >= 0.6 is 11.8 Å². The maximum atomic E-state index is 12.4. The number of nitrogens with one attached hydrogen (secondary N) is 1. The molecule has 162 valence electrons. The summed E-state index contributed by atoms with van der Waals surface area (Å²) >= 11 is 1.42. The second kappa shape index (κ2) is 10.5. The number of thioether (sulfide) groups is 1. The SMILES string of the molecule is Cc1occc1-c1nnc(SCC(=O)NCCC2=CCCCC2)n1Cc1ccccc1. The van der Waals surface area contributed by atoms with Crippen LogP contribution in [0, 0.1) is 6.92 Å². The van der Waals surface area contributed by atoms with Crippen molar-refractivity contribution >= 4 is 17.7 Å². The molecule has 2 aromatic heterocycles. The molecular weight excluding hydrogens is 408 g/mol. The van der Waals surface area contributed by atoms with Crippen molar-refractivity contribution in [1.29, 1.82) is 0 Å². The molecule has 2 heterocycles. The lowest BCUT2D eigenvalue weighted by atomic mass is 9.97. The van der Waals surface area contributed by atoms with Gasteiger partial charge in [0.25, 0.3) is 0 Å². The number of aryl methyl sites for hydroxylation is 1. The lowest BCUT2D eigenvalue weighted by Crippen LogP contribution is -2.26. The second-order valence-corrected chi connectivity index (χ2v) is 8.71. The van der Waals surface area contributed by atoms with Gasteiger partial charge in [0.05, 0.1) is 24.1 Å². The summed E-state index contributed by atoms with van der Waals surface area (Å²) in [5, 5.41) is 12.6. The maximum Gasteiger partial charge on any atom is 0.230 e. The van der Waals surface area contributed by atoms with Gasteiger partial charge in [0.15, 0.2) is 11.0 Å². The predicted octanol–water partition coefficient (Wildman–Crippen LogP) is 4.99. The van der Waals surface area contributed by atoms with Gasteiger partial charge in [0, 0.05) is 6.54 Å². The lowest BCUT2D eigenvalue weighted by molar-refractivity contribution is -0.118. The van der Waals surface area contributed by atoms with Gasteiger partial charge in [-0.15, -0.1) is 10.2 Å². The number of furan rings is 1. The van der Waals surface area contributed by atoms with Crippen LogP contribution in [-0.2, 0) is 11.3 Å². The largest absolute Gasteiger partial charge is 0.469 e. The third kappa shape index (κ3) is 5.67. The number of amides is 1. The average Bonchev–Trinajstić information content (AvgIpc) is 3.39. The van der Waals surface area contributed by atoms with Crippen LogP contribution in [0.2, 0.25) is 0 Å². The number of carbonyl (C=O) groups is 1. The third-order valence-corrected chi connectivity index (χ3v) is 6.45. The number of nitrogens with zero attached hydrogens (tertiary/aromatic N) is 3. The lowest BCUT2D eigenvalue weighted by Gasteiger charge is -2.13. The first kappa shape index (κ1) is 21.4. The molecule has 31 heavy (non-hydrogen) atoms. The molecule has 0 unspecified atom stereocenters. The Labute approximate surface area is 187 Å². The number of allylic oxidation sites excluding steroid dienone is 1. The standard InChI is InChI=1S/C24H28N4O2S/c1-18-21(13-15-30-18)23-26-27-24(28(23)16-20-10-6-3-7-11-20)31-17-22(29)25-14-12-19-8-4-2-5-9-19/h3,6-8,10-11,13,15H,2,4-5,9,12,14,16-17H2,1H3,(H,25,29). The summed E-state index contributed by atoms with van der Waals surface area (Å²) in [4.78, 5) is 12.4. The first-order chi connectivity index (χ1) is 15.2. The molecule has 0 saturated heterocycles. The van der Waals surface area contributed by atoms with Crippen molar-refractivity contribution in [2.24, 2.45) is 0 Å². The Morgan fingerprint density at radius 3 is 2.81 bits per heavy atom. The summed E-state index contributed by atoms with van der Waals surface area (Å²) in [6.45, 7) is 3.24. The van der Waals surface area contributed by atoms with Crippen molar-refractivity contribution in [2.75, 3.05) is 12.3 Å². The van der Waals surface area contributed by atoms with E-state index in [2.05, 4.69) is 38.3 Å². The van der Waals surface area contributed by atoms with Crippen LogP contribution < -0.4 is 5.32 Å². The second-order valence-electron chi connectivity index (χ2n) is 7.77. The summed E-state index contributed by atoms with van der Waals surface area (Å²) in [5.41, 5.74) is 3.54. The minimum atomic E-state index is 0.0247. The summed E-state index contributed by atoms with van der Waals surface area (Å²) in [6, 6.07) is 12.1. The topological polar surface area (TPSA) is 72.9 Å². The monoisotopic (exact) mass is 436 g/mol. The molecule has 4 rings (SSSR count). The summed E-state index contributed by atoms with van der Waals surface area (Å²) < 4.78 is 7.52. The van der Waals surface area contributed by atoms with Gasteiger partial charge in [-0.05, 0) is 50.7 Å². The Morgan fingerprint density at radius 2 is 2.06 bits per heavy atom. The van der Waals surface area contributed by atoms with Gasteiger partial charge in [-0.1, -0.05) is 53.7 Å². The van der Waals surface area contributed by atoms with E-state index >= 15 is 0 Å². The van der Waals surface area contributed by atoms with Crippen LogP contribution in [0.1, 0.15) is 43.4 Å². The van der Waals surface area contributed by atoms with Crippen molar-refractivity contribution in [3.8, 4) is 11.4 Å². The van der Waals surface area contributed by atoms with E-state index in [1.807, 2.05) is 31.2 Å². The fourth-order valence-electron chi connectivity index (χ4n) is 3.80. The van der Waals surface area contributed by atoms with Crippen LogP contribution in [0.25, 0.3) is 11.4 Å². The molecule has 1 aliphatic carbocycles. The minimum absolute atomic E-state index is 0.0247. The van der Waals surface area contributed by atoms with Gasteiger partial charge < -0.3 is 9.73 Å². The molecule has 1 aliphatic rings. The normalized spacial score (nSPS) is 13.8. The van der Waals surface area contributed by atoms with E-state index in [1.54, 1.807) is 6.26 Å². The third-order valence-electron chi connectivity index (χ3n) is 5.49. The molecule has 1 N–H and O–H groups in total. The van der Waals surface area contributed by atoms with E-state index < -0.39 is 0 Å². The molecule has 7 heteroatoms. The highest BCUT2D eigenvalue weighted by molar-refractivity contribution is 7.99. The molecule has 0 saturated carbocycles. The van der Waals surface area contributed by atoms with Gasteiger partial charge in [0.1, 0.15) is 5.76 Å². The number of hydrogen-bond acceptors (Lipinski definition) is 5. The van der Waals surface area contributed by atoms with E-state index in [1.165, 1.54) is 43.0 Å². The first-order valence-corrected chi connectivity index (χ1v) is 11.8. The Hall–Kier alpha value is -2.80. The van der Waals surface area contributed by atoms with Gasteiger partial charge >= 0.3 is 0 Å². The minimum Gasteiger partial charge on any atom is -0.469 e. The van der Waals surface area contributed by atoms with Crippen molar-refractivity contribution in [1.82, 2.24) is 20.1 Å². The smallest absolute Gasteiger partial charge is 0.230 e. The van der Waals surface area contributed by atoms with Crippen LogP contribution in [0.5, 0.6) is 0 Å². The molecular formula is C24H28N4O2S. The molecule has 0 bridgehead atoms. The number of rotatable bonds is 9. The van der Waals surface area contributed by atoms with Gasteiger partial charge in [0.2, 0.25) is 5.91 Å². The summed E-state index contributed by atoms with van der Waals surface area (Å²) in [6.07, 6.45) is 9.84. The van der Waals surface area contributed by atoms with Gasteiger partial charge in [-0.3, -0.25) is 9.36 Å². The molecule has 1 amide bonds. The highest BCUT2D eigenvalue weighted by Gasteiger charge is 2.18. The molecule has 0 fully saturated rings. The Kier molecular flexibility index (Phi) is 7.25. The summed E-state index contributed by atoms with van der Waals surface area (Å²) in [7, 11) is 0. The van der Waals surface area contributed by atoms with Crippen molar-refractivity contribution in [3.05, 3.63) is 65.6 Å². The fraction of sp³-hybridized carbons (Fsp3) is 0.375. The van der Waals surface area contributed by atoms with Crippen LogP contribution in [0.4, 0.5) is 0 Å². The Morgan fingerprint density at radius 1 is 1.19 bits per heavy atom. The average molecular weight is 437 g/mol. The fourth-order valence-corrected chi connectivity index (χ4v) is 4.56. The van der Waals surface area contributed by atoms with E-state index in [-0.39, 0.29) is 5.91 Å². The molecule has 0 spiro atoms. The molecule has 3 aromatic rings.